The number of hydrogen-bond acceptors (Lipinski definition) is 2. The van der Waals surface area contributed by atoms with Gasteiger partial charge < -0.3 is 10.1 Å². The average Bonchev–Trinajstić information content (AvgIpc) is 2.48. The van der Waals surface area contributed by atoms with Crippen LogP contribution in [0, 0.1) is 11.6 Å². The fourth-order valence-electron chi connectivity index (χ4n) is 2.31. The molecule has 1 N–H and O–H groups in total. The number of nitrogens with one attached hydrogen (secondary N) is 1. The van der Waals surface area contributed by atoms with Crippen LogP contribution in [-0.2, 0) is 4.74 Å². The highest BCUT2D eigenvalue weighted by molar-refractivity contribution is 5.27. The molecule has 4 heteroatoms. The van der Waals surface area contributed by atoms with E-state index in [1.165, 1.54) is 6.07 Å². The lowest BCUT2D eigenvalue weighted by atomic mass is 9.95. The van der Waals surface area contributed by atoms with Gasteiger partial charge in [-0.2, -0.15) is 0 Å². The highest BCUT2D eigenvalue weighted by atomic mass is 19.2. The number of halogens is 2. The largest absolute Gasteiger partial charge is 0.375 e. The molecule has 2 nitrogen and oxygen atoms in total. The van der Waals surface area contributed by atoms with Crippen molar-refractivity contribution in [2.45, 2.75) is 12.1 Å². The third kappa shape index (κ3) is 3.03. The van der Waals surface area contributed by atoms with E-state index in [1.54, 1.807) is 20.2 Å². The Morgan fingerprint density at radius 3 is 2.20 bits per heavy atom. The summed E-state index contributed by atoms with van der Waals surface area (Å²) in [5, 5.41) is 3.10. The maximum Gasteiger partial charge on any atom is 0.159 e. The molecular formula is C16H17F2NO. The lowest BCUT2D eigenvalue weighted by Crippen LogP contribution is -2.25. The molecule has 0 amide bonds. The summed E-state index contributed by atoms with van der Waals surface area (Å²) in [4.78, 5) is 0. The highest BCUT2D eigenvalue weighted by Gasteiger charge is 2.24. The number of hydrogen-bond donors (Lipinski definition) is 1. The first kappa shape index (κ1) is 14.6. The quantitative estimate of drug-likeness (QED) is 0.901. The normalized spacial score (nSPS) is 14.0. The third-order valence-corrected chi connectivity index (χ3v) is 3.30. The van der Waals surface area contributed by atoms with Gasteiger partial charge in [0.25, 0.3) is 0 Å². The van der Waals surface area contributed by atoms with E-state index in [2.05, 4.69) is 5.32 Å². The van der Waals surface area contributed by atoms with Crippen molar-refractivity contribution in [3.05, 3.63) is 71.3 Å². The molecule has 0 aliphatic heterocycles. The number of methoxy groups -OCH3 is 1. The fraction of sp³-hybridized carbons (Fsp3) is 0.250. The molecule has 2 atom stereocenters. The molecular weight excluding hydrogens is 260 g/mol. The maximum atomic E-state index is 13.4. The number of ether oxygens (including phenoxy) is 1. The van der Waals surface area contributed by atoms with Crippen LogP contribution in [0.5, 0.6) is 0 Å². The number of rotatable bonds is 5. The lowest BCUT2D eigenvalue weighted by molar-refractivity contribution is 0.0700. The number of benzene rings is 2. The Morgan fingerprint density at radius 2 is 1.65 bits per heavy atom. The molecule has 0 aliphatic carbocycles. The van der Waals surface area contributed by atoms with E-state index in [9.17, 15) is 8.78 Å². The van der Waals surface area contributed by atoms with Crippen LogP contribution in [0.1, 0.15) is 23.3 Å². The van der Waals surface area contributed by atoms with Crippen molar-refractivity contribution in [2.75, 3.05) is 14.2 Å². The molecule has 0 aliphatic rings. The monoisotopic (exact) mass is 277 g/mol. The van der Waals surface area contributed by atoms with Crippen molar-refractivity contribution in [1.29, 1.82) is 0 Å². The molecule has 20 heavy (non-hydrogen) atoms. The minimum atomic E-state index is -0.856. The van der Waals surface area contributed by atoms with Crippen LogP contribution in [0.25, 0.3) is 0 Å². The summed E-state index contributed by atoms with van der Waals surface area (Å²) >= 11 is 0. The minimum absolute atomic E-state index is 0.266. The number of likely N-dealkylation sites (N-methyl/N-ethyl adjacent to an activating group) is 1. The Kier molecular flexibility index (Phi) is 4.82. The zero-order chi connectivity index (χ0) is 14.5. The van der Waals surface area contributed by atoms with E-state index >= 15 is 0 Å². The topological polar surface area (TPSA) is 21.3 Å². The Balaban J connectivity index is 2.36. The van der Waals surface area contributed by atoms with Gasteiger partial charge in [0.2, 0.25) is 0 Å². The van der Waals surface area contributed by atoms with Gasteiger partial charge in [-0.3, -0.25) is 0 Å². The molecule has 0 bridgehead atoms. The van der Waals surface area contributed by atoms with Crippen molar-refractivity contribution in [3.8, 4) is 0 Å². The molecule has 2 aromatic carbocycles. The fourth-order valence-corrected chi connectivity index (χ4v) is 2.31. The predicted octanol–water partition coefficient (Wildman–Crippen LogP) is 3.61. The SMILES string of the molecule is CNC(c1ccc(F)c(F)c1)C(OC)c1ccccc1. The average molecular weight is 277 g/mol. The van der Waals surface area contributed by atoms with Gasteiger partial charge >= 0.3 is 0 Å². The minimum Gasteiger partial charge on any atom is -0.375 e. The third-order valence-electron chi connectivity index (χ3n) is 3.30. The van der Waals surface area contributed by atoms with Crippen molar-refractivity contribution in [1.82, 2.24) is 5.32 Å². The lowest BCUT2D eigenvalue weighted by Gasteiger charge is -2.26. The van der Waals surface area contributed by atoms with Crippen LogP contribution in [-0.4, -0.2) is 14.2 Å². The van der Waals surface area contributed by atoms with Gasteiger partial charge in [-0.05, 0) is 30.3 Å². The van der Waals surface area contributed by atoms with Gasteiger partial charge in [-0.15, -0.1) is 0 Å². The van der Waals surface area contributed by atoms with Gasteiger partial charge in [0.05, 0.1) is 6.04 Å². The van der Waals surface area contributed by atoms with Crippen LogP contribution in [0.15, 0.2) is 48.5 Å². The predicted molar refractivity (Wildman–Crippen MR) is 74.4 cm³/mol. The molecule has 2 rings (SSSR count). The van der Waals surface area contributed by atoms with Gasteiger partial charge in [0.1, 0.15) is 6.10 Å². The molecule has 0 radical (unpaired) electrons. The second-order valence-electron chi connectivity index (χ2n) is 4.51. The molecule has 0 saturated heterocycles. The van der Waals surface area contributed by atoms with Gasteiger partial charge in [-0.25, -0.2) is 8.78 Å². The van der Waals surface area contributed by atoms with Gasteiger partial charge in [-0.1, -0.05) is 36.4 Å². The molecule has 106 valence electrons. The molecule has 0 spiro atoms. The van der Waals surface area contributed by atoms with Crippen molar-refractivity contribution in [2.24, 2.45) is 0 Å². The zero-order valence-corrected chi connectivity index (χ0v) is 11.4. The zero-order valence-electron chi connectivity index (χ0n) is 11.4. The second kappa shape index (κ2) is 6.59. The summed E-state index contributed by atoms with van der Waals surface area (Å²) < 4.78 is 32.0. The van der Waals surface area contributed by atoms with Crippen LogP contribution in [0.3, 0.4) is 0 Å². The van der Waals surface area contributed by atoms with Crippen LogP contribution < -0.4 is 5.32 Å². The molecule has 2 aromatic rings. The summed E-state index contributed by atoms with van der Waals surface area (Å²) in [6, 6.07) is 13.3. The molecule has 0 heterocycles. The van der Waals surface area contributed by atoms with E-state index in [0.29, 0.717) is 5.56 Å². The Labute approximate surface area is 117 Å². The van der Waals surface area contributed by atoms with Crippen molar-refractivity contribution >= 4 is 0 Å². The summed E-state index contributed by atoms with van der Waals surface area (Å²) in [5.41, 5.74) is 1.61. The van der Waals surface area contributed by atoms with Crippen LogP contribution in [0.2, 0.25) is 0 Å². The molecule has 2 unspecified atom stereocenters. The Bertz CT molecular complexity index is 560. The molecule has 0 saturated carbocycles. The van der Waals surface area contributed by atoms with Crippen LogP contribution in [0.4, 0.5) is 8.78 Å². The Morgan fingerprint density at radius 1 is 0.950 bits per heavy atom. The molecule has 0 fully saturated rings. The van der Waals surface area contributed by atoms with E-state index in [0.717, 1.165) is 11.6 Å². The van der Waals surface area contributed by atoms with Gasteiger partial charge in [0.15, 0.2) is 11.6 Å². The van der Waals surface area contributed by atoms with E-state index in [4.69, 9.17) is 4.74 Å². The first-order valence-corrected chi connectivity index (χ1v) is 6.37. The first-order chi connectivity index (χ1) is 9.67. The summed E-state index contributed by atoms with van der Waals surface area (Å²) in [7, 11) is 3.36. The highest BCUT2D eigenvalue weighted by Crippen LogP contribution is 2.31. The summed E-state index contributed by atoms with van der Waals surface area (Å²) in [6.07, 6.45) is -0.286. The van der Waals surface area contributed by atoms with E-state index in [-0.39, 0.29) is 12.1 Å². The van der Waals surface area contributed by atoms with Crippen molar-refractivity contribution < 1.29 is 13.5 Å². The summed E-state index contributed by atoms with van der Waals surface area (Å²) in [6.45, 7) is 0. The van der Waals surface area contributed by atoms with Crippen LogP contribution >= 0.6 is 0 Å². The van der Waals surface area contributed by atoms with E-state index < -0.39 is 11.6 Å². The Hall–Kier alpha value is -1.78. The molecule has 0 aromatic heterocycles. The van der Waals surface area contributed by atoms with Crippen molar-refractivity contribution in [3.63, 3.8) is 0 Å². The first-order valence-electron chi connectivity index (χ1n) is 6.37. The maximum absolute atomic E-state index is 13.4. The van der Waals surface area contributed by atoms with E-state index in [1.807, 2.05) is 30.3 Å². The standard InChI is InChI=1S/C16H17F2NO/c1-19-15(12-8-9-13(17)14(18)10-12)16(20-2)11-6-4-3-5-7-11/h3-10,15-16,19H,1-2H3. The second-order valence-corrected chi connectivity index (χ2v) is 4.51. The smallest absolute Gasteiger partial charge is 0.159 e. The van der Waals surface area contributed by atoms with Gasteiger partial charge in [0, 0.05) is 7.11 Å². The summed E-state index contributed by atoms with van der Waals surface area (Å²) in [5.74, 6) is -1.71.